The summed E-state index contributed by atoms with van der Waals surface area (Å²) in [4.78, 5) is 18.0. The number of nitrogens with one attached hydrogen (secondary N) is 2. The van der Waals surface area contributed by atoms with Gasteiger partial charge in [-0.15, -0.1) is 24.0 Å². The zero-order valence-electron chi connectivity index (χ0n) is 18.0. The summed E-state index contributed by atoms with van der Waals surface area (Å²) in [5.74, 6) is 0.767. The van der Waals surface area contributed by atoms with E-state index in [1.807, 2.05) is 7.05 Å². The van der Waals surface area contributed by atoms with Crippen LogP contribution in [0, 0.1) is 0 Å². The van der Waals surface area contributed by atoms with Crippen LogP contribution in [-0.2, 0) is 16.1 Å². The summed E-state index contributed by atoms with van der Waals surface area (Å²) in [5, 5.41) is 6.99. The number of guanidine groups is 1. The van der Waals surface area contributed by atoms with Crippen molar-refractivity contribution in [2.24, 2.45) is 4.99 Å². The van der Waals surface area contributed by atoms with Crippen molar-refractivity contribution in [1.82, 2.24) is 15.5 Å². The van der Waals surface area contributed by atoms with Crippen molar-refractivity contribution in [3.63, 3.8) is 0 Å². The van der Waals surface area contributed by atoms with Gasteiger partial charge in [0.05, 0.1) is 7.11 Å². The van der Waals surface area contributed by atoms with Crippen LogP contribution in [-0.4, -0.2) is 56.2 Å². The highest BCUT2D eigenvalue weighted by molar-refractivity contribution is 14.0. The molecule has 0 amide bonds. The molecule has 1 aliphatic rings. The fraction of sp³-hybridized carbons (Fsp3) is 0.636. The third-order valence-corrected chi connectivity index (χ3v) is 5.32. The van der Waals surface area contributed by atoms with Crippen molar-refractivity contribution >= 4 is 35.9 Å². The van der Waals surface area contributed by atoms with Crippen LogP contribution in [0.15, 0.2) is 35.3 Å². The Morgan fingerprint density at radius 2 is 1.93 bits per heavy atom. The summed E-state index contributed by atoms with van der Waals surface area (Å²) in [6, 6.07) is 11.6. The minimum absolute atomic E-state index is 0. The third-order valence-electron chi connectivity index (χ3n) is 5.32. The van der Waals surface area contributed by atoms with Gasteiger partial charge in [-0.3, -0.25) is 14.7 Å². The molecule has 0 spiro atoms. The Bertz CT molecular complexity index is 612. The molecule has 7 heteroatoms. The first-order valence-corrected chi connectivity index (χ1v) is 10.4. The molecule has 1 aromatic carbocycles. The fourth-order valence-electron chi connectivity index (χ4n) is 3.69. The van der Waals surface area contributed by atoms with Crippen LogP contribution in [0.1, 0.15) is 51.0 Å². The van der Waals surface area contributed by atoms with E-state index in [1.54, 1.807) is 0 Å². The summed E-state index contributed by atoms with van der Waals surface area (Å²) in [5.41, 5.74) is 1.37. The lowest BCUT2D eigenvalue weighted by atomic mass is 10.1. The summed E-state index contributed by atoms with van der Waals surface area (Å²) >= 11 is 0. The molecule has 2 rings (SSSR count). The molecule has 1 aliphatic heterocycles. The Balaban J connectivity index is 0.00000420. The number of hydrogen-bond acceptors (Lipinski definition) is 4. The van der Waals surface area contributed by atoms with Gasteiger partial charge in [-0.25, -0.2) is 0 Å². The number of benzene rings is 1. The van der Waals surface area contributed by atoms with Gasteiger partial charge >= 0.3 is 5.97 Å². The molecule has 1 fully saturated rings. The van der Waals surface area contributed by atoms with Crippen LogP contribution in [0.25, 0.3) is 0 Å². The molecular weight excluding hydrogens is 479 g/mol. The maximum absolute atomic E-state index is 11.1. The maximum atomic E-state index is 11.1. The number of rotatable bonds is 10. The molecule has 2 unspecified atom stereocenters. The monoisotopic (exact) mass is 516 g/mol. The first kappa shape index (κ1) is 25.7. The highest BCUT2D eigenvalue weighted by Crippen LogP contribution is 2.20. The number of nitrogens with zero attached hydrogens (tertiary/aromatic N) is 2. The molecule has 2 N–H and O–H groups in total. The van der Waals surface area contributed by atoms with Crippen LogP contribution < -0.4 is 10.6 Å². The Morgan fingerprint density at radius 3 is 2.62 bits per heavy atom. The van der Waals surface area contributed by atoms with Gasteiger partial charge in [-0.05, 0) is 31.7 Å². The topological polar surface area (TPSA) is 66.0 Å². The molecule has 164 valence electrons. The largest absolute Gasteiger partial charge is 0.469 e. The van der Waals surface area contributed by atoms with Crippen molar-refractivity contribution in [3.05, 3.63) is 35.9 Å². The Labute approximate surface area is 192 Å². The summed E-state index contributed by atoms with van der Waals surface area (Å²) in [6.07, 6.45) is 5.77. The molecule has 0 aromatic heterocycles. The van der Waals surface area contributed by atoms with Gasteiger partial charge in [0, 0.05) is 45.2 Å². The van der Waals surface area contributed by atoms with E-state index in [1.165, 1.54) is 12.7 Å². The van der Waals surface area contributed by atoms with E-state index in [0.717, 1.165) is 57.7 Å². The number of unbranched alkanes of at least 4 members (excludes halogenated alkanes) is 3. The van der Waals surface area contributed by atoms with E-state index in [2.05, 4.69) is 62.5 Å². The smallest absolute Gasteiger partial charge is 0.305 e. The van der Waals surface area contributed by atoms with Gasteiger partial charge in [0.15, 0.2) is 5.96 Å². The van der Waals surface area contributed by atoms with Crippen molar-refractivity contribution in [1.29, 1.82) is 0 Å². The fourth-order valence-corrected chi connectivity index (χ4v) is 3.69. The first-order chi connectivity index (χ1) is 13.6. The van der Waals surface area contributed by atoms with Gasteiger partial charge < -0.3 is 15.4 Å². The molecule has 1 aromatic rings. The van der Waals surface area contributed by atoms with Gasteiger partial charge in [-0.1, -0.05) is 43.2 Å². The number of esters is 1. The maximum Gasteiger partial charge on any atom is 0.305 e. The van der Waals surface area contributed by atoms with Crippen molar-refractivity contribution in [2.75, 3.05) is 27.2 Å². The average Bonchev–Trinajstić information content (AvgIpc) is 3.05. The lowest BCUT2D eigenvalue weighted by Gasteiger charge is -2.21. The molecule has 29 heavy (non-hydrogen) atoms. The van der Waals surface area contributed by atoms with Gasteiger partial charge in [0.25, 0.3) is 0 Å². The van der Waals surface area contributed by atoms with Crippen LogP contribution in [0.4, 0.5) is 0 Å². The second kappa shape index (κ2) is 14.6. The number of ether oxygens (including phenoxy) is 1. The SMILES string of the molecule is CN=C(NCCCCCCC(=O)OC)NC1CC(C)N(Cc2ccccc2)C1.I. The minimum atomic E-state index is -0.116. The van der Waals surface area contributed by atoms with Crippen LogP contribution in [0.3, 0.4) is 0 Å². The molecule has 0 saturated carbocycles. The number of methoxy groups -OCH3 is 1. The summed E-state index contributed by atoms with van der Waals surface area (Å²) in [6.45, 7) is 5.23. The first-order valence-electron chi connectivity index (χ1n) is 10.4. The molecular formula is C22H37IN4O2. The lowest BCUT2D eigenvalue weighted by molar-refractivity contribution is -0.140. The average molecular weight is 516 g/mol. The second-order valence-corrected chi connectivity index (χ2v) is 7.58. The minimum Gasteiger partial charge on any atom is -0.469 e. The quantitative estimate of drug-likeness (QED) is 0.164. The van der Waals surface area contributed by atoms with Gasteiger partial charge in [0.1, 0.15) is 0 Å². The zero-order chi connectivity index (χ0) is 20.2. The number of halogens is 1. The van der Waals surface area contributed by atoms with Crippen LogP contribution >= 0.6 is 24.0 Å². The van der Waals surface area contributed by atoms with E-state index in [-0.39, 0.29) is 29.9 Å². The Kier molecular flexibility index (Phi) is 12.9. The van der Waals surface area contributed by atoms with Crippen LogP contribution in [0.5, 0.6) is 0 Å². The second-order valence-electron chi connectivity index (χ2n) is 7.58. The van der Waals surface area contributed by atoms with Crippen molar-refractivity contribution < 1.29 is 9.53 Å². The third kappa shape index (κ3) is 9.80. The summed E-state index contributed by atoms with van der Waals surface area (Å²) in [7, 11) is 3.27. The Morgan fingerprint density at radius 1 is 1.21 bits per heavy atom. The summed E-state index contributed by atoms with van der Waals surface area (Å²) < 4.78 is 4.66. The number of carbonyl (C=O) groups excluding carboxylic acids is 1. The van der Waals surface area contributed by atoms with E-state index in [0.29, 0.717) is 18.5 Å². The van der Waals surface area contributed by atoms with Gasteiger partial charge in [0.2, 0.25) is 0 Å². The van der Waals surface area contributed by atoms with Gasteiger partial charge in [-0.2, -0.15) is 0 Å². The normalized spacial score (nSPS) is 19.5. The number of hydrogen-bond donors (Lipinski definition) is 2. The zero-order valence-corrected chi connectivity index (χ0v) is 20.4. The number of aliphatic imine (C=N–C) groups is 1. The molecule has 1 heterocycles. The van der Waals surface area contributed by atoms with E-state index in [4.69, 9.17) is 0 Å². The molecule has 6 nitrogen and oxygen atoms in total. The molecule has 0 bridgehead atoms. The lowest BCUT2D eigenvalue weighted by Crippen LogP contribution is -2.44. The Hall–Kier alpha value is -1.35. The predicted octanol–water partition coefficient (Wildman–Crippen LogP) is 3.56. The predicted molar refractivity (Wildman–Crippen MR) is 130 cm³/mol. The molecule has 0 radical (unpaired) electrons. The number of likely N-dealkylation sites (tertiary alicyclic amines) is 1. The highest BCUT2D eigenvalue weighted by Gasteiger charge is 2.29. The number of carbonyl (C=O) groups is 1. The molecule has 2 atom stereocenters. The van der Waals surface area contributed by atoms with E-state index in [9.17, 15) is 4.79 Å². The van der Waals surface area contributed by atoms with Crippen molar-refractivity contribution in [3.8, 4) is 0 Å². The van der Waals surface area contributed by atoms with E-state index >= 15 is 0 Å². The highest BCUT2D eigenvalue weighted by atomic mass is 127. The standard InChI is InChI=1S/C22H36N4O2.HI/c1-18-15-20(17-26(18)16-19-11-7-6-8-12-19)25-22(23-2)24-14-10-5-4-9-13-21(27)28-3;/h6-8,11-12,18,20H,4-5,9-10,13-17H2,1-3H3,(H2,23,24,25);1H. The molecule has 1 saturated heterocycles. The van der Waals surface area contributed by atoms with Crippen LogP contribution in [0.2, 0.25) is 0 Å². The van der Waals surface area contributed by atoms with E-state index < -0.39 is 0 Å². The van der Waals surface area contributed by atoms with Crippen molar-refractivity contribution in [2.45, 2.75) is 64.1 Å². The molecule has 0 aliphatic carbocycles.